The Bertz CT molecular complexity index is 624. The van der Waals surface area contributed by atoms with E-state index in [9.17, 15) is 0 Å². The molecule has 0 aliphatic rings. The lowest BCUT2D eigenvalue weighted by molar-refractivity contribution is 0.780. The highest BCUT2D eigenvalue weighted by Crippen LogP contribution is 2.14. The van der Waals surface area contributed by atoms with E-state index in [0.717, 1.165) is 12.2 Å². The number of rotatable bonds is 4. The lowest BCUT2D eigenvalue weighted by Crippen LogP contribution is -2.19. The van der Waals surface area contributed by atoms with E-state index in [-0.39, 0.29) is 6.04 Å². The van der Waals surface area contributed by atoms with Gasteiger partial charge in [0.15, 0.2) is 0 Å². The smallest absolute Gasteiger partial charge is 0.126 e. The van der Waals surface area contributed by atoms with Crippen molar-refractivity contribution in [2.24, 2.45) is 0 Å². The van der Waals surface area contributed by atoms with Crippen molar-refractivity contribution in [1.29, 1.82) is 5.26 Å². The molecule has 1 aromatic heterocycles. The number of anilines is 1. The van der Waals surface area contributed by atoms with Crippen LogP contribution in [0.5, 0.6) is 0 Å². The predicted molar refractivity (Wildman–Crippen MR) is 81.7 cm³/mol. The molecule has 0 amide bonds. The van der Waals surface area contributed by atoms with E-state index in [1.54, 1.807) is 12.3 Å². The Balaban J connectivity index is 2.01. The normalized spacial score (nSPS) is 11.7. The summed E-state index contributed by atoms with van der Waals surface area (Å²) in [4.78, 5) is 4.23. The summed E-state index contributed by atoms with van der Waals surface area (Å²) < 4.78 is 0. The lowest BCUT2D eigenvalue weighted by Gasteiger charge is -2.16. The standard InChI is InChI=1S/C17H19N3/c1-12-4-6-16(13(2)8-12)9-14(3)20-17-7-5-15(10-18)11-19-17/h4-8,11,14H,9H2,1-3H3,(H,19,20). The van der Waals surface area contributed by atoms with E-state index < -0.39 is 0 Å². The number of hydrogen-bond donors (Lipinski definition) is 1. The van der Waals surface area contributed by atoms with E-state index in [2.05, 4.69) is 55.3 Å². The van der Waals surface area contributed by atoms with Crippen LogP contribution in [0.4, 0.5) is 5.82 Å². The van der Waals surface area contributed by atoms with E-state index in [1.807, 2.05) is 6.07 Å². The molecule has 20 heavy (non-hydrogen) atoms. The average molecular weight is 265 g/mol. The van der Waals surface area contributed by atoms with Crippen LogP contribution in [0.15, 0.2) is 36.5 Å². The fourth-order valence-corrected chi connectivity index (χ4v) is 2.25. The van der Waals surface area contributed by atoms with Crippen molar-refractivity contribution in [2.45, 2.75) is 33.2 Å². The fourth-order valence-electron chi connectivity index (χ4n) is 2.25. The SMILES string of the molecule is Cc1ccc(CC(C)Nc2ccc(C#N)cn2)c(C)c1. The van der Waals surface area contributed by atoms with Gasteiger partial charge in [-0.3, -0.25) is 0 Å². The van der Waals surface area contributed by atoms with E-state index in [4.69, 9.17) is 5.26 Å². The highest BCUT2D eigenvalue weighted by atomic mass is 15.0. The van der Waals surface area contributed by atoms with Gasteiger partial charge in [-0.1, -0.05) is 23.8 Å². The third-order valence-electron chi connectivity index (χ3n) is 3.31. The molecule has 102 valence electrons. The van der Waals surface area contributed by atoms with E-state index in [1.165, 1.54) is 16.7 Å². The third kappa shape index (κ3) is 3.58. The molecule has 0 aliphatic carbocycles. The molecule has 1 atom stereocenters. The van der Waals surface area contributed by atoms with Crippen LogP contribution in [0.25, 0.3) is 0 Å². The number of aryl methyl sites for hydroxylation is 2. The van der Waals surface area contributed by atoms with Gasteiger partial charge in [0.1, 0.15) is 11.9 Å². The second kappa shape index (κ2) is 6.21. The number of pyridine rings is 1. The van der Waals surface area contributed by atoms with Gasteiger partial charge in [0.25, 0.3) is 0 Å². The number of hydrogen-bond acceptors (Lipinski definition) is 3. The number of aromatic nitrogens is 1. The molecule has 1 heterocycles. The minimum absolute atomic E-state index is 0.289. The second-order valence-electron chi connectivity index (χ2n) is 5.22. The number of benzene rings is 1. The number of nitrogens with zero attached hydrogens (tertiary/aromatic N) is 2. The Morgan fingerprint density at radius 3 is 2.65 bits per heavy atom. The van der Waals surface area contributed by atoms with Crippen molar-refractivity contribution in [1.82, 2.24) is 4.98 Å². The van der Waals surface area contributed by atoms with Gasteiger partial charge >= 0.3 is 0 Å². The summed E-state index contributed by atoms with van der Waals surface area (Å²) in [5.74, 6) is 0.807. The first-order valence-corrected chi connectivity index (χ1v) is 6.77. The molecule has 0 fully saturated rings. The zero-order valence-electron chi connectivity index (χ0n) is 12.1. The molecular weight excluding hydrogens is 246 g/mol. The first-order chi connectivity index (χ1) is 9.58. The second-order valence-corrected chi connectivity index (χ2v) is 5.22. The predicted octanol–water partition coefficient (Wildman–Crippen LogP) is 3.61. The minimum Gasteiger partial charge on any atom is -0.367 e. The first kappa shape index (κ1) is 14.1. The molecule has 0 saturated heterocycles. The summed E-state index contributed by atoms with van der Waals surface area (Å²) in [6.45, 7) is 6.40. The zero-order chi connectivity index (χ0) is 14.5. The Kier molecular flexibility index (Phi) is 4.37. The van der Waals surface area contributed by atoms with Crippen LogP contribution in [-0.2, 0) is 6.42 Å². The molecule has 0 radical (unpaired) electrons. The van der Waals surface area contributed by atoms with E-state index >= 15 is 0 Å². The summed E-state index contributed by atoms with van der Waals surface area (Å²) in [6.07, 6.45) is 2.54. The van der Waals surface area contributed by atoms with Crippen LogP contribution in [0.2, 0.25) is 0 Å². The van der Waals surface area contributed by atoms with Crippen molar-refractivity contribution in [2.75, 3.05) is 5.32 Å². The summed E-state index contributed by atoms with van der Waals surface area (Å²) in [5.41, 5.74) is 4.55. The van der Waals surface area contributed by atoms with Gasteiger partial charge in [0.05, 0.1) is 5.56 Å². The van der Waals surface area contributed by atoms with Crippen LogP contribution < -0.4 is 5.32 Å². The molecular formula is C17H19N3. The lowest BCUT2D eigenvalue weighted by atomic mass is 10.00. The number of nitriles is 1. The van der Waals surface area contributed by atoms with Gasteiger partial charge in [0, 0.05) is 12.2 Å². The molecule has 2 aromatic rings. The molecule has 0 bridgehead atoms. The summed E-state index contributed by atoms with van der Waals surface area (Å²) in [7, 11) is 0. The quantitative estimate of drug-likeness (QED) is 0.918. The highest BCUT2D eigenvalue weighted by Gasteiger charge is 2.07. The topological polar surface area (TPSA) is 48.7 Å². The van der Waals surface area contributed by atoms with Crippen molar-refractivity contribution >= 4 is 5.82 Å². The largest absolute Gasteiger partial charge is 0.367 e. The molecule has 0 saturated carbocycles. The van der Waals surface area contributed by atoms with Crippen LogP contribution >= 0.6 is 0 Å². The van der Waals surface area contributed by atoms with E-state index in [0.29, 0.717) is 5.56 Å². The maximum atomic E-state index is 8.75. The van der Waals surface area contributed by atoms with Crippen LogP contribution in [0, 0.1) is 25.2 Å². The van der Waals surface area contributed by atoms with Crippen molar-refractivity contribution < 1.29 is 0 Å². The van der Waals surface area contributed by atoms with Crippen LogP contribution in [0.3, 0.4) is 0 Å². The van der Waals surface area contributed by atoms with Gasteiger partial charge in [-0.25, -0.2) is 4.98 Å². The Morgan fingerprint density at radius 1 is 1.25 bits per heavy atom. The highest BCUT2D eigenvalue weighted by molar-refractivity contribution is 5.40. The number of nitrogens with one attached hydrogen (secondary N) is 1. The van der Waals surface area contributed by atoms with Crippen molar-refractivity contribution in [3.63, 3.8) is 0 Å². The molecule has 3 nitrogen and oxygen atoms in total. The molecule has 3 heteroatoms. The fraction of sp³-hybridized carbons (Fsp3) is 0.294. The third-order valence-corrected chi connectivity index (χ3v) is 3.31. The molecule has 1 unspecified atom stereocenters. The average Bonchev–Trinajstić information content (AvgIpc) is 2.43. The monoisotopic (exact) mass is 265 g/mol. The zero-order valence-corrected chi connectivity index (χ0v) is 12.1. The molecule has 1 N–H and O–H groups in total. The summed E-state index contributed by atoms with van der Waals surface area (Å²) >= 11 is 0. The molecule has 1 aromatic carbocycles. The molecule has 0 spiro atoms. The molecule has 2 rings (SSSR count). The van der Waals surface area contributed by atoms with Gasteiger partial charge < -0.3 is 5.32 Å². The maximum Gasteiger partial charge on any atom is 0.126 e. The van der Waals surface area contributed by atoms with Crippen LogP contribution in [0.1, 0.15) is 29.2 Å². The Morgan fingerprint density at radius 2 is 2.05 bits per heavy atom. The maximum absolute atomic E-state index is 8.75. The van der Waals surface area contributed by atoms with Gasteiger partial charge in [-0.2, -0.15) is 5.26 Å². The molecule has 0 aliphatic heterocycles. The van der Waals surface area contributed by atoms with Crippen molar-refractivity contribution in [3.05, 3.63) is 58.8 Å². The first-order valence-electron chi connectivity index (χ1n) is 6.77. The summed E-state index contributed by atoms with van der Waals surface area (Å²) in [5, 5.41) is 12.1. The summed E-state index contributed by atoms with van der Waals surface area (Å²) in [6, 6.07) is 12.5. The van der Waals surface area contributed by atoms with Gasteiger partial charge in [-0.05, 0) is 50.5 Å². The van der Waals surface area contributed by atoms with Crippen LogP contribution in [-0.4, -0.2) is 11.0 Å². The van der Waals surface area contributed by atoms with Gasteiger partial charge in [-0.15, -0.1) is 0 Å². The Labute approximate surface area is 120 Å². The minimum atomic E-state index is 0.289. The van der Waals surface area contributed by atoms with Crippen molar-refractivity contribution in [3.8, 4) is 6.07 Å². The Hall–Kier alpha value is -2.34. The van der Waals surface area contributed by atoms with Gasteiger partial charge in [0.2, 0.25) is 0 Å².